The third-order valence-corrected chi connectivity index (χ3v) is 5.43. The second-order valence-corrected chi connectivity index (χ2v) is 7.25. The fraction of sp³-hybridized carbons (Fsp3) is 0.143. The van der Waals surface area contributed by atoms with Gasteiger partial charge in [0.15, 0.2) is 11.5 Å². The maximum Gasteiger partial charge on any atom is 0.337 e. The van der Waals surface area contributed by atoms with Gasteiger partial charge in [-0.2, -0.15) is 0 Å². The highest BCUT2D eigenvalue weighted by atomic mass is 32.1. The van der Waals surface area contributed by atoms with E-state index in [2.05, 4.69) is 10.1 Å². The van der Waals surface area contributed by atoms with Crippen LogP contribution in [0, 0.1) is 5.82 Å². The fourth-order valence-electron chi connectivity index (χ4n) is 2.86. The number of thiophene rings is 1. The van der Waals surface area contributed by atoms with Crippen LogP contribution in [-0.4, -0.2) is 32.2 Å². The summed E-state index contributed by atoms with van der Waals surface area (Å²) in [4.78, 5) is 25.4. The number of hydrogen-bond acceptors (Lipinski definition) is 6. The van der Waals surface area contributed by atoms with Gasteiger partial charge in [-0.3, -0.25) is 4.79 Å². The molecule has 1 aliphatic rings. The van der Waals surface area contributed by atoms with Gasteiger partial charge < -0.3 is 19.5 Å². The molecule has 4 rings (SSSR count). The minimum Gasteiger partial charge on any atom is -0.486 e. The van der Waals surface area contributed by atoms with Crippen LogP contribution in [0.25, 0.3) is 10.4 Å². The molecule has 1 N–H and O–H groups in total. The first-order valence-corrected chi connectivity index (χ1v) is 9.56. The summed E-state index contributed by atoms with van der Waals surface area (Å²) in [5.41, 5.74) is 0.941. The van der Waals surface area contributed by atoms with E-state index < -0.39 is 17.7 Å². The van der Waals surface area contributed by atoms with Crippen molar-refractivity contribution in [2.24, 2.45) is 0 Å². The van der Waals surface area contributed by atoms with Crippen molar-refractivity contribution in [2.75, 3.05) is 25.6 Å². The Hall–Kier alpha value is -3.39. The summed E-state index contributed by atoms with van der Waals surface area (Å²) < 4.78 is 29.8. The minimum absolute atomic E-state index is 0.0906. The molecular weight excluding hydrogens is 397 g/mol. The SMILES string of the molecule is COC(=O)c1ccc(F)c(NC(=O)c2ccc(-c3ccc4c(c3)OCCO4)s2)c1. The number of fused-ring (bicyclic) bond motifs is 1. The van der Waals surface area contributed by atoms with E-state index in [1.165, 1.54) is 30.6 Å². The van der Waals surface area contributed by atoms with Gasteiger partial charge in [0.25, 0.3) is 5.91 Å². The van der Waals surface area contributed by atoms with Gasteiger partial charge in [0.05, 0.1) is 23.2 Å². The Morgan fingerprint density at radius 1 is 1.03 bits per heavy atom. The van der Waals surface area contributed by atoms with Gasteiger partial charge in [0.2, 0.25) is 0 Å². The second kappa shape index (κ2) is 7.92. The average molecular weight is 413 g/mol. The first-order chi connectivity index (χ1) is 14.0. The molecule has 3 aromatic rings. The van der Waals surface area contributed by atoms with E-state index in [0.29, 0.717) is 29.6 Å². The van der Waals surface area contributed by atoms with Crippen molar-refractivity contribution in [3.8, 4) is 21.9 Å². The molecule has 0 atom stereocenters. The lowest BCUT2D eigenvalue weighted by Crippen LogP contribution is -2.15. The van der Waals surface area contributed by atoms with Crippen LogP contribution >= 0.6 is 11.3 Å². The standard InChI is InChI=1S/C21H16FNO5S/c1-26-21(25)13-2-4-14(22)15(10-13)23-20(24)19-7-6-18(29-19)12-3-5-16-17(11-12)28-9-8-27-16/h2-7,10-11H,8-9H2,1H3,(H,23,24). The van der Waals surface area contributed by atoms with Crippen LogP contribution in [-0.2, 0) is 4.74 Å². The molecule has 1 aliphatic heterocycles. The number of esters is 1. The largest absolute Gasteiger partial charge is 0.486 e. The first-order valence-electron chi connectivity index (χ1n) is 8.74. The molecule has 0 aliphatic carbocycles. The number of carbonyl (C=O) groups is 2. The summed E-state index contributed by atoms with van der Waals surface area (Å²) in [6.07, 6.45) is 0. The molecule has 148 valence electrons. The highest BCUT2D eigenvalue weighted by molar-refractivity contribution is 7.17. The van der Waals surface area contributed by atoms with Crippen molar-refractivity contribution >= 4 is 28.9 Å². The number of methoxy groups -OCH3 is 1. The molecule has 6 nitrogen and oxygen atoms in total. The number of amides is 1. The zero-order valence-electron chi connectivity index (χ0n) is 15.4. The molecule has 29 heavy (non-hydrogen) atoms. The third-order valence-electron chi connectivity index (χ3n) is 4.29. The molecule has 1 aromatic heterocycles. The van der Waals surface area contributed by atoms with Gasteiger partial charge in [-0.15, -0.1) is 11.3 Å². The van der Waals surface area contributed by atoms with Crippen LogP contribution in [0.15, 0.2) is 48.5 Å². The van der Waals surface area contributed by atoms with Gasteiger partial charge in [-0.25, -0.2) is 9.18 Å². The predicted molar refractivity (Wildman–Crippen MR) is 106 cm³/mol. The van der Waals surface area contributed by atoms with Gasteiger partial charge >= 0.3 is 5.97 Å². The molecule has 1 amide bonds. The fourth-order valence-corrected chi connectivity index (χ4v) is 3.76. The van der Waals surface area contributed by atoms with Crippen molar-refractivity contribution < 1.29 is 28.2 Å². The summed E-state index contributed by atoms with van der Waals surface area (Å²) in [7, 11) is 1.23. The zero-order valence-corrected chi connectivity index (χ0v) is 16.2. The number of hydrogen-bond donors (Lipinski definition) is 1. The molecule has 2 heterocycles. The monoisotopic (exact) mass is 413 g/mol. The van der Waals surface area contributed by atoms with E-state index in [-0.39, 0.29) is 11.3 Å². The van der Waals surface area contributed by atoms with Crippen LogP contribution < -0.4 is 14.8 Å². The van der Waals surface area contributed by atoms with Crippen LogP contribution in [0.5, 0.6) is 11.5 Å². The maximum absolute atomic E-state index is 14.1. The predicted octanol–water partition coefficient (Wildman–Crippen LogP) is 4.36. The molecule has 0 radical (unpaired) electrons. The molecule has 0 saturated carbocycles. The smallest absolute Gasteiger partial charge is 0.337 e. The van der Waals surface area contributed by atoms with Crippen molar-refractivity contribution in [1.82, 2.24) is 0 Å². The van der Waals surface area contributed by atoms with E-state index in [9.17, 15) is 14.0 Å². The lowest BCUT2D eigenvalue weighted by atomic mass is 10.1. The van der Waals surface area contributed by atoms with Crippen molar-refractivity contribution in [3.63, 3.8) is 0 Å². The van der Waals surface area contributed by atoms with Crippen LogP contribution in [0.3, 0.4) is 0 Å². The summed E-state index contributed by atoms with van der Waals surface area (Å²) in [6, 6.07) is 12.7. The van der Waals surface area contributed by atoms with E-state index in [0.717, 1.165) is 16.5 Å². The lowest BCUT2D eigenvalue weighted by Gasteiger charge is -2.18. The Balaban J connectivity index is 1.54. The number of nitrogens with one attached hydrogen (secondary N) is 1. The number of ether oxygens (including phenoxy) is 3. The minimum atomic E-state index is -0.644. The molecule has 0 unspecified atom stereocenters. The van der Waals surface area contributed by atoms with E-state index in [4.69, 9.17) is 9.47 Å². The third kappa shape index (κ3) is 3.93. The Labute approximate surface area is 169 Å². The van der Waals surface area contributed by atoms with E-state index >= 15 is 0 Å². The molecule has 0 saturated heterocycles. The lowest BCUT2D eigenvalue weighted by molar-refractivity contribution is 0.0600. The molecule has 2 aromatic carbocycles. The van der Waals surface area contributed by atoms with E-state index in [1.54, 1.807) is 6.07 Å². The summed E-state index contributed by atoms with van der Waals surface area (Å²) in [5, 5.41) is 2.50. The van der Waals surface area contributed by atoms with Gasteiger partial charge in [0.1, 0.15) is 19.0 Å². The Kier molecular flexibility index (Phi) is 5.18. The van der Waals surface area contributed by atoms with Crippen LogP contribution in [0.4, 0.5) is 10.1 Å². The quantitative estimate of drug-likeness (QED) is 0.643. The molecule has 0 bridgehead atoms. The zero-order chi connectivity index (χ0) is 20.4. The van der Waals surface area contributed by atoms with Gasteiger partial charge in [-0.1, -0.05) is 0 Å². The molecule has 0 fully saturated rings. The van der Waals surface area contributed by atoms with Gasteiger partial charge in [0, 0.05) is 4.88 Å². The summed E-state index contributed by atoms with van der Waals surface area (Å²) >= 11 is 1.26. The molecular formula is C21H16FNO5S. The highest BCUT2D eigenvalue weighted by Gasteiger charge is 2.17. The van der Waals surface area contributed by atoms with Crippen LogP contribution in [0.1, 0.15) is 20.0 Å². The number of rotatable bonds is 4. The first kappa shape index (κ1) is 18.9. The second-order valence-electron chi connectivity index (χ2n) is 6.16. The van der Waals surface area contributed by atoms with Gasteiger partial charge in [-0.05, 0) is 54.1 Å². The average Bonchev–Trinajstić information content (AvgIpc) is 3.25. The molecule has 8 heteroatoms. The number of carbonyl (C=O) groups excluding carboxylic acids is 2. The highest BCUT2D eigenvalue weighted by Crippen LogP contribution is 2.37. The van der Waals surface area contributed by atoms with Crippen molar-refractivity contribution in [1.29, 1.82) is 0 Å². The Morgan fingerprint density at radius 3 is 2.62 bits per heavy atom. The number of benzene rings is 2. The maximum atomic E-state index is 14.1. The van der Waals surface area contributed by atoms with Crippen LogP contribution in [0.2, 0.25) is 0 Å². The van der Waals surface area contributed by atoms with Crippen molar-refractivity contribution in [3.05, 3.63) is 64.8 Å². The number of halogens is 1. The summed E-state index contributed by atoms with van der Waals surface area (Å²) in [6.45, 7) is 1.01. The Bertz CT molecular complexity index is 1090. The summed E-state index contributed by atoms with van der Waals surface area (Å²) in [5.74, 6) is -0.378. The molecule has 0 spiro atoms. The number of anilines is 1. The normalized spacial score (nSPS) is 12.3. The topological polar surface area (TPSA) is 73.9 Å². The Morgan fingerprint density at radius 2 is 1.83 bits per heavy atom. The van der Waals surface area contributed by atoms with Crippen molar-refractivity contribution in [2.45, 2.75) is 0 Å². The van der Waals surface area contributed by atoms with E-state index in [1.807, 2.05) is 24.3 Å².